The Hall–Kier alpha value is -1.21. The zero-order valence-electron chi connectivity index (χ0n) is 9.11. The number of anilines is 1. The molecule has 16 heavy (non-hydrogen) atoms. The highest BCUT2D eigenvalue weighted by Crippen LogP contribution is 2.26. The van der Waals surface area contributed by atoms with E-state index in [9.17, 15) is 4.39 Å². The quantitative estimate of drug-likeness (QED) is 0.790. The van der Waals surface area contributed by atoms with E-state index in [1.54, 1.807) is 6.07 Å². The molecule has 0 N–H and O–H groups in total. The first kappa shape index (κ1) is 11.3. The van der Waals surface area contributed by atoms with E-state index in [-0.39, 0.29) is 5.56 Å². The first-order valence-corrected chi connectivity index (χ1v) is 6.38. The van der Waals surface area contributed by atoms with Crippen molar-refractivity contribution in [1.29, 1.82) is 5.26 Å². The second kappa shape index (κ2) is 4.75. The third-order valence-corrected chi connectivity index (χ3v) is 4.08. The molecule has 0 amide bonds. The highest BCUT2D eigenvalue weighted by atomic mass is 32.2. The summed E-state index contributed by atoms with van der Waals surface area (Å²) in [6.45, 7) is 0. The Bertz CT molecular complexity index is 422. The molecule has 1 fully saturated rings. The minimum atomic E-state index is -0.433. The maximum atomic E-state index is 13.4. The van der Waals surface area contributed by atoms with Gasteiger partial charge in [0, 0.05) is 24.5 Å². The van der Waals surface area contributed by atoms with Crippen LogP contribution in [0.15, 0.2) is 18.2 Å². The lowest BCUT2D eigenvalue weighted by molar-refractivity contribution is 0.620. The number of nitrogens with zero attached hydrogens (tertiary/aromatic N) is 2. The Morgan fingerprint density at radius 2 is 2.38 bits per heavy atom. The van der Waals surface area contributed by atoms with Crippen LogP contribution in [0.4, 0.5) is 10.1 Å². The molecule has 2 nitrogen and oxygen atoms in total. The van der Waals surface area contributed by atoms with Crippen molar-refractivity contribution < 1.29 is 4.39 Å². The maximum Gasteiger partial charge on any atom is 0.143 e. The van der Waals surface area contributed by atoms with Gasteiger partial charge in [0.2, 0.25) is 0 Å². The van der Waals surface area contributed by atoms with Crippen LogP contribution in [0, 0.1) is 17.1 Å². The van der Waals surface area contributed by atoms with Crippen LogP contribution in [0.1, 0.15) is 12.0 Å². The van der Waals surface area contributed by atoms with E-state index < -0.39 is 5.82 Å². The molecular formula is C12H13FN2S. The van der Waals surface area contributed by atoms with E-state index in [1.165, 1.54) is 11.8 Å². The molecule has 0 spiro atoms. The van der Waals surface area contributed by atoms with E-state index in [1.807, 2.05) is 30.9 Å². The fourth-order valence-electron chi connectivity index (χ4n) is 1.85. The lowest BCUT2D eigenvalue weighted by Crippen LogP contribution is -2.31. The van der Waals surface area contributed by atoms with Crippen LogP contribution in [-0.2, 0) is 0 Å². The third kappa shape index (κ3) is 2.14. The molecule has 0 saturated carbocycles. The third-order valence-electron chi connectivity index (χ3n) is 2.93. The topological polar surface area (TPSA) is 27.0 Å². The normalized spacial score (nSPS) is 19.4. The van der Waals surface area contributed by atoms with Crippen molar-refractivity contribution in [3.05, 3.63) is 29.6 Å². The molecular weight excluding hydrogens is 223 g/mol. The van der Waals surface area contributed by atoms with Crippen molar-refractivity contribution in [2.24, 2.45) is 0 Å². The fourth-order valence-corrected chi connectivity index (χ4v) is 3.12. The van der Waals surface area contributed by atoms with Crippen LogP contribution < -0.4 is 4.90 Å². The van der Waals surface area contributed by atoms with Gasteiger partial charge in [0.1, 0.15) is 11.9 Å². The molecule has 1 aliphatic heterocycles. The number of hydrogen-bond acceptors (Lipinski definition) is 3. The molecule has 1 aliphatic rings. The van der Waals surface area contributed by atoms with Gasteiger partial charge < -0.3 is 4.90 Å². The summed E-state index contributed by atoms with van der Waals surface area (Å²) in [5.41, 5.74) is 0.960. The van der Waals surface area contributed by atoms with Crippen LogP contribution in [0.3, 0.4) is 0 Å². The Kier molecular flexibility index (Phi) is 3.35. The zero-order chi connectivity index (χ0) is 11.5. The summed E-state index contributed by atoms with van der Waals surface area (Å²) in [6.07, 6.45) is 1.14. The monoisotopic (exact) mass is 236 g/mol. The highest BCUT2D eigenvalue weighted by Gasteiger charge is 2.20. The van der Waals surface area contributed by atoms with E-state index in [2.05, 4.69) is 4.90 Å². The summed E-state index contributed by atoms with van der Waals surface area (Å²) < 4.78 is 13.4. The minimum Gasteiger partial charge on any atom is -0.371 e. The average molecular weight is 236 g/mol. The van der Waals surface area contributed by atoms with Gasteiger partial charge in [0.15, 0.2) is 0 Å². The smallest absolute Gasteiger partial charge is 0.143 e. The number of hydrogen-bond donors (Lipinski definition) is 0. The Balaban J connectivity index is 2.20. The molecule has 84 valence electrons. The van der Waals surface area contributed by atoms with Gasteiger partial charge in [-0.2, -0.15) is 17.0 Å². The molecule has 0 radical (unpaired) electrons. The maximum absolute atomic E-state index is 13.4. The Labute approximate surface area is 99.1 Å². The fraction of sp³-hybridized carbons (Fsp3) is 0.417. The van der Waals surface area contributed by atoms with Crippen molar-refractivity contribution in [2.45, 2.75) is 12.5 Å². The second-order valence-corrected chi connectivity index (χ2v) is 5.05. The standard InChI is InChI=1S/C12H13FN2S/c1-15(11-4-5-16-8-11)10-3-2-9(7-14)12(13)6-10/h2-3,6,11H,4-5,8H2,1H3. The summed E-state index contributed by atoms with van der Waals surface area (Å²) in [6, 6.07) is 7.12. The average Bonchev–Trinajstić information content (AvgIpc) is 2.81. The molecule has 1 atom stereocenters. The lowest BCUT2D eigenvalue weighted by atomic mass is 10.1. The minimum absolute atomic E-state index is 0.109. The van der Waals surface area contributed by atoms with Crippen molar-refractivity contribution in [2.75, 3.05) is 23.5 Å². The van der Waals surface area contributed by atoms with Gasteiger partial charge in [-0.25, -0.2) is 4.39 Å². The molecule has 1 saturated heterocycles. The van der Waals surface area contributed by atoms with E-state index in [0.29, 0.717) is 6.04 Å². The van der Waals surface area contributed by atoms with Crippen LogP contribution in [0.25, 0.3) is 0 Å². The molecule has 4 heteroatoms. The van der Waals surface area contributed by atoms with E-state index >= 15 is 0 Å². The number of rotatable bonds is 2. The number of benzene rings is 1. The predicted molar refractivity (Wildman–Crippen MR) is 65.2 cm³/mol. The van der Waals surface area contributed by atoms with E-state index in [4.69, 9.17) is 5.26 Å². The largest absolute Gasteiger partial charge is 0.371 e. The van der Waals surface area contributed by atoms with Crippen molar-refractivity contribution in [3.8, 4) is 6.07 Å². The predicted octanol–water partition coefficient (Wildman–Crippen LogP) is 2.64. The number of nitriles is 1. The number of halogens is 1. The van der Waals surface area contributed by atoms with E-state index in [0.717, 1.165) is 17.9 Å². The van der Waals surface area contributed by atoms with Gasteiger partial charge in [-0.1, -0.05) is 0 Å². The summed E-state index contributed by atoms with van der Waals surface area (Å²) in [4.78, 5) is 2.10. The van der Waals surface area contributed by atoms with Gasteiger partial charge in [-0.3, -0.25) is 0 Å². The van der Waals surface area contributed by atoms with Gasteiger partial charge in [0.05, 0.1) is 5.56 Å². The summed E-state index contributed by atoms with van der Waals surface area (Å²) in [5, 5.41) is 8.65. The van der Waals surface area contributed by atoms with Gasteiger partial charge in [0.25, 0.3) is 0 Å². The molecule has 0 aliphatic carbocycles. The van der Waals surface area contributed by atoms with Crippen LogP contribution in [0.5, 0.6) is 0 Å². The van der Waals surface area contributed by atoms with Crippen LogP contribution in [0.2, 0.25) is 0 Å². The summed E-state index contributed by atoms with van der Waals surface area (Å²) in [5.74, 6) is 1.84. The van der Waals surface area contributed by atoms with Crippen LogP contribution >= 0.6 is 11.8 Å². The molecule has 1 aromatic rings. The molecule has 1 aromatic carbocycles. The highest BCUT2D eigenvalue weighted by molar-refractivity contribution is 7.99. The van der Waals surface area contributed by atoms with Crippen molar-refractivity contribution in [1.82, 2.24) is 0 Å². The summed E-state index contributed by atoms with van der Waals surface area (Å²) >= 11 is 1.93. The second-order valence-electron chi connectivity index (χ2n) is 3.90. The van der Waals surface area contributed by atoms with Crippen LogP contribution in [-0.4, -0.2) is 24.6 Å². The Morgan fingerprint density at radius 3 is 2.94 bits per heavy atom. The van der Waals surface area contributed by atoms with Gasteiger partial charge in [-0.15, -0.1) is 0 Å². The first-order valence-electron chi connectivity index (χ1n) is 5.22. The molecule has 2 rings (SSSR count). The molecule has 0 bridgehead atoms. The molecule has 1 heterocycles. The zero-order valence-corrected chi connectivity index (χ0v) is 9.93. The molecule has 1 unspecified atom stereocenters. The number of thioether (sulfide) groups is 1. The molecule has 0 aromatic heterocycles. The van der Waals surface area contributed by atoms with Crippen molar-refractivity contribution >= 4 is 17.4 Å². The first-order chi connectivity index (χ1) is 7.72. The summed E-state index contributed by atoms with van der Waals surface area (Å²) in [7, 11) is 1.98. The van der Waals surface area contributed by atoms with Crippen molar-refractivity contribution in [3.63, 3.8) is 0 Å². The SMILES string of the molecule is CN(c1ccc(C#N)c(F)c1)C1CCSC1. The Morgan fingerprint density at radius 1 is 1.56 bits per heavy atom. The lowest BCUT2D eigenvalue weighted by Gasteiger charge is -2.26. The van der Waals surface area contributed by atoms with Gasteiger partial charge >= 0.3 is 0 Å². The van der Waals surface area contributed by atoms with Gasteiger partial charge in [-0.05, 0) is 30.4 Å².